The highest BCUT2D eigenvalue weighted by Crippen LogP contribution is 2.21. The van der Waals surface area contributed by atoms with Crippen LogP contribution in [-0.4, -0.2) is 43.5 Å². The molecule has 0 aliphatic carbocycles. The molecule has 0 aromatic rings. The number of hydrogen-bond acceptors (Lipinski definition) is 3. The molecule has 0 heterocycles. The molecule has 86 valence electrons. The predicted octanol–water partition coefficient (Wildman–Crippen LogP) is 1.00. The van der Waals surface area contributed by atoms with Crippen LogP contribution in [0.25, 0.3) is 0 Å². The summed E-state index contributed by atoms with van der Waals surface area (Å²) < 4.78 is 33.6. The molecule has 0 radical (unpaired) electrons. The highest BCUT2D eigenvalue weighted by molar-refractivity contribution is 7.86. The van der Waals surface area contributed by atoms with Crippen LogP contribution < -0.4 is 0 Å². The first-order chi connectivity index (χ1) is 6.13. The van der Waals surface area contributed by atoms with E-state index >= 15 is 0 Å². The lowest BCUT2D eigenvalue weighted by Gasteiger charge is -2.40. The van der Waals surface area contributed by atoms with Crippen molar-refractivity contribution < 1.29 is 17.5 Å². The maximum absolute atomic E-state index is 11.1. The molecule has 0 aliphatic heterocycles. The molecule has 0 bridgehead atoms. The second kappa shape index (κ2) is 4.59. The first-order valence-corrected chi connectivity index (χ1v) is 6.37. The van der Waals surface area contributed by atoms with Crippen LogP contribution in [0.2, 0.25) is 0 Å². The summed E-state index contributed by atoms with van der Waals surface area (Å²) in [6.07, 6.45) is 0.867. The maximum Gasteiger partial charge on any atom is 0.181 e. The van der Waals surface area contributed by atoms with Gasteiger partial charge in [0, 0.05) is 5.92 Å². The molecule has 0 saturated heterocycles. The minimum absolute atomic E-state index is 0.154. The van der Waals surface area contributed by atoms with E-state index in [0.717, 1.165) is 6.42 Å². The van der Waals surface area contributed by atoms with E-state index in [9.17, 15) is 13.0 Å². The fourth-order valence-corrected chi connectivity index (χ4v) is 3.66. The van der Waals surface area contributed by atoms with Crippen LogP contribution in [0, 0.1) is 5.92 Å². The highest BCUT2D eigenvalue weighted by atomic mass is 32.2. The van der Waals surface area contributed by atoms with E-state index in [1.54, 1.807) is 27.9 Å². The van der Waals surface area contributed by atoms with Gasteiger partial charge in [0.25, 0.3) is 0 Å². The van der Waals surface area contributed by atoms with Crippen molar-refractivity contribution in [2.45, 2.75) is 32.6 Å². The third kappa shape index (κ3) is 3.55. The third-order valence-corrected chi connectivity index (χ3v) is 4.06. The molecule has 0 aliphatic rings. The van der Waals surface area contributed by atoms with Gasteiger partial charge in [-0.2, -0.15) is 0 Å². The summed E-state index contributed by atoms with van der Waals surface area (Å²) in [5.74, 6) is -0.154. The van der Waals surface area contributed by atoms with E-state index in [4.69, 9.17) is 0 Å². The number of quaternary nitrogens is 1. The van der Waals surface area contributed by atoms with E-state index in [0.29, 0.717) is 6.54 Å². The van der Waals surface area contributed by atoms with E-state index in [2.05, 4.69) is 0 Å². The molecular weight excluding hydrogens is 202 g/mol. The molecule has 4 nitrogen and oxygen atoms in total. The fourth-order valence-electron chi connectivity index (χ4n) is 2.19. The van der Waals surface area contributed by atoms with Crippen molar-refractivity contribution in [2.24, 2.45) is 5.92 Å². The van der Waals surface area contributed by atoms with E-state index < -0.39 is 15.5 Å². The zero-order valence-corrected chi connectivity index (χ0v) is 10.5. The fraction of sp³-hybridized carbons (Fsp3) is 1.00. The molecule has 0 aromatic carbocycles. The van der Waals surface area contributed by atoms with Gasteiger partial charge in [-0.25, -0.2) is 8.42 Å². The smallest absolute Gasteiger partial charge is 0.181 e. The number of hydrogen-bond donors (Lipinski definition) is 0. The second-order valence-corrected chi connectivity index (χ2v) is 6.10. The van der Waals surface area contributed by atoms with E-state index in [-0.39, 0.29) is 10.4 Å². The van der Waals surface area contributed by atoms with Crippen LogP contribution in [0.15, 0.2) is 0 Å². The van der Waals surface area contributed by atoms with Gasteiger partial charge in [0.2, 0.25) is 0 Å². The maximum atomic E-state index is 11.1. The highest BCUT2D eigenvalue weighted by Gasteiger charge is 2.35. The van der Waals surface area contributed by atoms with Crippen LogP contribution in [0.1, 0.15) is 27.2 Å². The summed E-state index contributed by atoms with van der Waals surface area (Å²) in [4.78, 5) is 0. The first kappa shape index (κ1) is 13.9. The average molecular weight is 223 g/mol. The Hall–Kier alpha value is -0.130. The van der Waals surface area contributed by atoms with Crippen LogP contribution in [0.5, 0.6) is 0 Å². The second-order valence-electron chi connectivity index (χ2n) is 4.63. The largest absolute Gasteiger partial charge is 0.743 e. The summed E-state index contributed by atoms with van der Waals surface area (Å²) in [6.45, 7) is 6.23. The van der Waals surface area contributed by atoms with Gasteiger partial charge in [-0.15, -0.1) is 0 Å². The Morgan fingerprint density at radius 1 is 1.29 bits per heavy atom. The molecule has 0 N–H and O–H groups in total. The van der Waals surface area contributed by atoms with Gasteiger partial charge in [0.05, 0.1) is 20.6 Å². The van der Waals surface area contributed by atoms with Crippen molar-refractivity contribution in [3.05, 3.63) is 0 Å². The predicted molar refractivity (Wildman–Crippen MR) is 55.6 cm³/mol. The van der Waals surface area contributed by atoms with Gasteiger partial charge in [0.15, 0.2) is 5.37 Å². The van der Waals surface area contributed by atoms with Gasteiger partial charge in [0.1, 0.15) is 10.1 Å². The monoisotopic (exact) mass is 223 g/mol. The van der Waals surface area contributed by atoms with Crippen molar-refractivity contribution in [3.8, 4) is 0 Å². The summed E-state index contributed by atoms with van der Waals surface area (Å²) in [5.41, 5.74) is 0. The number of nitrogens with zero attached hydrogens (tertiary/aromatic N) is 1. The van der Waals surface area contributed by atoms with Gasteiger partial charge in [-0.05, 0) is 6.42 Å². The molecule has 0 spiro atoms. The average Bonchev–Trinajstić information content (AvgIpc) is 1.78. The van der Waals surface area contributed by atoms with E-state index in [1.807, 2.05) is 6.92 Å². The van der Waals surface area contributed by atoms with Crippen LogP contribution in [-0.2, 0) is 10.1 Å². The molecule has 0 fully saturated rings. The number of rotatable bonds is 5. The Bertz CT molecular complexity index is 270. The molecule has 0 aromatic heterocycles. The minimum Gasteiger partial charge on any atom is -0.743 e. The Morgan fingerprint density at radius 3 is 1.93 bits per heavy atom. The van der Waals surface area contributed by atoms with Crippen molar-refractivity contribution in [3.63, 3.8) is 0 Å². The Labute approximate surface area is 87.3 Å². The van der Waals surface area contributed by atoms with Crippen LogP contribution >= 0.6 is 0 Å². The SMILES string of the molecule is CCC[N+](C)(C)C(C(C)C)S(=O)(=O)[O-]. The Balaban J connectivity index is 5.03. The lowest BCUT2D eigenvalue weighted by Crippen LogP contribution is -2.55. The quantitative estimate of drug-likeness (QED) is 0.516. The zero-order valence-electron chi connectivity index (χ0n) is 9.65. The summed E-state index contributed by atoms with van der Waals surface area (Å²) >= 11 is 0. The molecule has 5 heteroatoms. The molecule has 0 saturated carbocycles. The summed E-state index contributed by atoms with van der Waals surface area (Å²) in [7, 11) is -0.631. The van der Waals surface area contributed by atoms with Crippen LogP contribution in [0.3, 0.4) is 0 Å². The standard InChI is InChI=1S/C9H21NO3S/c1-6-7-10(4,5)9(8(2)3)14(11,12)13/h8-9H,6-7H2,1-5H3. The Kier molecular flexibility index (Phi) is 4.55. The lowest BCUT2D eigenvalue weighted by atomic mass is 10.2. The molecular formula is C9H21NO3S. The van der Waals surface area contributed by atoms with Gasteiger partial charge < -0.3 is 9.04 Å². The van der Waals surface area contributed by atoms with E-state index in [1.165, 1.54) is 0 Å². The first-order valence-electron chi connectivity index (χ1n) is 4.90. The van der Waals surface area contributed by atoms with Crippen molar-refractivity contribution in [1.82, 2.24) is 0 Å². The van der Waals surface area contributed by atoms with Crippen molar-refractivity contribution in [2.75, 3.05) is 20.6 Å². The normalized spacial score (nSPS) is 15.9. The van der Waals surface area contributed by atoms with Gasteiger partial charge in [-0.1, -0.05) is 20.8 Å². The summed E-state index contributed by atoms with van der Waals surface area (Å²) in [6, 6.07) is 0. The zero-order chi connectivity index (χ0) is 11.6. The van der Waals surface area contributed by atoms with Crippen LogP contribution in [0.4, 0.5) is 0 Å². The lowest BCUT2D eigenvalue weighted by molar-refractivity contribution is -0.904. The Morgan fingerprint density at radius 2 is 1.71 bits per heavy atom. The molecule has 0 rings (SSSR count). The topological polar surface area (TPSA) is 57.2 Å². The summed E-state index contributed by atoms with van der Waals surface area (Å²) in [5, 5.41) is -0.845. The molecule has 1 unspecified atom stereocenters. The van der Waals surface area contributed by atoms with Crippen molar-refractivity contribution in [1.29, 1.82) is 0 Å². The van der Waals surface area contributed by atoms with Crippen molar-refractivity contribution >= 4 is 10.1 Å². The van der Waals surface area contributed by atoms with Gasteiger partial charge >= 0.3 is 0 Å². The molecule has 14 heavy (non-hydrogen) atoms. The van der Waals surface area contributed by atoms with Gasteiger partial charge in [-0.3, -0.25) is 0 Å². The molecule has 0 amide bonds. The molecule has 1 atom stereocenters. The minimum atomic E-state index is -4.22. The third-order valence-electron chi connectivity index (χ3n) is 2.35.